The van der Waals surface area contributed by atoms with E-state index in [1.54, 1.807) is 32.4 Å². The minimum atomic E-state index is -0.326. The van der Waals surface area contributed by atoms with Crippen molar-refractivity contribution in [3.63, 3.8) is 0 Å². The number of ether oxygens (including phenoxy) is 4. The number of hydrogen-bond donors (Lipinski definition) is 0. The second-order valence-electron chi connectivity index (χ2n) is 6.90. The van der Waals surface area contributed by atoms with E-state index in [-0.39, 0.29) is 11.7 Å². The fourth-order valence-corrected chi connectivity index (χ4v) is 3.14. The lowest BCUT2D eigenvalue weighted by Crippen LogP contribution is -2.11. The standard InChI is InChI=1S/C24H29FO5/c1-17(2)21-16-22(30-15-14-29-13-12-27-3)24(28-4)23(20(21)6-5-11-26)18-7-9-19(25)10-8-18/h5-11,16-17H,12-15H2,1-4H3. The van der Waals surface area contributed by atoms with E-state index in [0.717, 1.165) is 28.5 Å². The summed E-state index contributed by atoms with van der Waals surface area (Å²) >= 11 is 0. The number of halogens is 1. The van der Waals surface area contributed by atoms with Crippen LogP contribution in [0.15, 0.2) is 36.4 Å². The maximum absolute atomic E-state index is 13.5. The molecule has 2 aromatic rings. The zero-order valence-electron chi connectivity index (χ0n) is 17.9. The van der Waals surface area contributed by atoms with Gasteiger partial charge in [0.25, 0.3) is 0 Å². The number of carbonyl (C=O) groups excluding carboxylic acids is 1. The highest BCUT2D eigenvalue weighted by molar-refractivity contribution is 5.87. The van der Waals surface area contributed by atoms with Gasteiger partial charge in [0.2, 0.25) is 0 Å². The Balaban J connectivity index is 2.53. The van der Waals surface area contributed by atoms with Crippen LogP contribution in [0.2, 0.25) is 0 Å². The second-order valence-corrected chi connectivity index (χ2v) is 6.90. The fraction of sp³-hybridized carbons (Fsp3) is 0.375. The van der Waals surface area contributed by atoms with Crippen LogP contribution in [-0.4, -0.2) is 46.9 Å². The first-order valence-electron chi connectivity index (χ1n) is 9.85. The van der Waals surface area contributed by atoms with Crippen LogP contribution in [0.3, 0.4) is 0 Å². The van der Waals surface area contributed by atoms with E-state index in [0.29, 0.717) is 37.9 Å². The van der Waals surface area contributed by atoms with E-state index < -0.39 is 0 Å². The number of rotatable bonds is 12. The molecule has 162 valence electrons. The highest BCUT2D eigenvalue weighted by Gasteiger charge is 2.21. The van der Waals surface area contributed by atoms with Crippen molar-refractivity contribution in [3.05, 3.63) is 53.4 Å². The third-order valence-corrected chi connectivity index (χ3v) is 4.54. The van der Waals surface area contributed by atoms with Crippen LogP contribution in [0.25, 0.3) is 17.2 Å². The molecule has 0 fully saturated rings. The smallest absolute Gasteiger partial charge is 0.169 e. The van der Waals surface area contributed by atoms with Gasteiger partial charge < -0.3 is 18.9 Å². The first-order chi connectivity index (χ1) is 14.5. The molecule has 2 aromatic carbocycles. The third kappa shape index (κ3) is 6.15. The maximum atomic E-state index is 13.5. The number of methoxy groups -OCH3 is 2. The van der Waals surface area contributed by atoms with Crippen LogP contribution in [0.4, 0.5) is 4.39 Å². The zero-order valence-corrected chi connectivity index (χ0v) is 17.9. The first-order valence-corrected chi connectivity index (χ1v) is 9.85. The van der Waals surface area contributed by atoms with E-state index >= 15 is 0 Å². The van der Waals surface area contributed by atoms with Crippen LogP contribution < -0.4 is 9.47 Å². The van der Waals surface area contributed by atoms with Crippen molar-refractivity contribution < 1.29 is 28.1 Å². The van der Waals surface area contributed by atoms with Crippen molar-refractivity contribution in [2.45, 2.75) is 19.8 Å². The minimum Gasteiger partial charge on any atom is -0.492 e. The molecule has 0 spiro atoms. The van der Waals surface area contributed by atoms with Gasteiger partial charge in [-0.1, -0.05) is 32.1 Å². The van der Waals surface area contributed by atoms with Gasteiger partial charge in [0.15, 0.2) is 11.5 Å². The zero-order chi connectivity index (χ0) is 21.9. The van der Waals surface area contributed by atoms with Crippen LogP contribution in [0.5, 0.6) is 11.5 Å². The lowest BCUT2D eigenvalue weighted by molar-refractivity contribution is -0.104. The van der Waals surface area contributed by atoms with E-state index in [1.807, 2.05) is 6.07 Å². The molecule has 0 N–H and O–H groups in total. The predicted octanol–water partition coefficient (Wildman–Crippen LogP) is 4.88. The van der Waals surface area contributed by atoms with Gasteiger partial charge in [-0.15, -0.1) is 0 Å². The molecule has 0 radical (unpaired) electrons. The van der Waals surface area contributed by atoms with Crippen molar-refractivity contribution in [2.75, 3.05) is 40.6 Å². The van der Waals surface area contributed by atoms with Gasteiger partial charge in [0.1, 0.15) is 18.7 Å². The minimum absolute atomic E-state index is 0.154. The second kappa shape index (κ2) is 12.1. The number of carbonyl (C=O) groups is 1. The van der Waals surface area contributed by atoms with E-state index in [1.165, 1.54) is 18.2 Å². The Morgan fingerprint density at radius 3 is 2.33 bits per heavy atom. The lowest BCUT2D eigenvalue weighted by atomic mass is 9.88. The molecule has 30 heavy (non-hydrogen) atoms. The SMILES string of the molecule is COCCOCCOc1cc(C(C)C)c(C=CC=O)c(-c2ccc(F)cc2)c1OC. The Morgan fingerprint density at radius 1 is 1.03 bits per heavy atom. The summed E-state index contributed by atoms with van der Waals surface area (Å²) in [4.78, 5) is 11.0. The molecular weight excluding hydrogens is 387 g/mol. The monoisotopic (exact) mass is 416 g/mol. The summed E-state index contributed by atoms with van der Waals surface area (Å²) in [5.74, 6) is 0.918. The third-order valence-electron chi connectivity index (χ3n) is 4.54. The molecule has 0 bridgehead atoms. The van der Waals surface area contributed by atoms with E-state index in [2.05, 4.69) is 13.8 Å². The average molecular weight is 416 g/mol. The molecule has 0 aliphatic rings. The topological polar surface area (TPSA) is 54.0 Å². The van der Waals surface area contributed by atoms with Crippen molar-refractivity contribution in [3.8, 4) is 22.6 Å². The summed E-state index contributed by atoms with van der Waals surface area (Å²) in [5.41, 5.74) is 3.34. The summed E-state index contributed by atoms with van der Waals surface area (Å²) in [5, 5.41) is 0. The molecule has 2 rings (SSSR count). The normalized spacial score (nSPS) is 11.3. The molecule has 0 amide bonds. The maximum Gasteiger partial charge on any atom is 0.169 e. The molecule has 0 aromatic heterocycles. The molecule has 0 unspecified atom stereocenters. The molecule has 0 saturated heterocycles. The molecule has 0 atom stereocenters. The van der Waals surface area contributed by atoms with Gasteiger partial charge in [0.05, 0.1) is 26.9 Å². The molecule has 0 heterocycles. The number of aldehydes is 1. The Morgan fingerprint density at radius 2 is 1.73 bits per heavy atom. The molecule has 0 aliphatic carbocycles. The summed E-state index contributed by atoms with van der Waals surface area (Å²) in [7, 11) is 3.18. The van der Waals surface area contributed by atoms with Crippen LogP contribution in [0, 0.1) is 5.82 Å². The van der Waals surface area contributed by atoms with Gasteiger partial charge >= 0.3 is 0 Å². The Bertz CT molecular complexity index is 844. The van der Waals surface area contributed by atoms with Gasteiger partial charge in [-0.2, -0.15) is 0 Å². The van der Waals surface area contributed by atoms with Gasteiger partial charge in [0, 0.05) is 12.7 Å². The van der Waals surface area contributed by atoms with Gasteiger partial charge in [-0.3, -0.25) is 4.79 Å². The van der Waals surface area contributed by atoms with Crippen molar-refractivity contribution in [1.82, 2.24) is 0 Å². The van der Waals surface area contributed by atoms with Crippen molar-refractivity contribution in [2.24, 2.45) is 0 Å². The number of benzene rings is 2. The molecule has 5 nitrogen and oxygen atoms in total. The quantitative estimate of drug-likeness (QED) is 0.280. The largest absolute Gasteiger partial charge is 0.492 e. The summed E-state index contributed by atoms with van der Waals surface area (Å²) in [6.07, 6.45) is 3.92. The molecule has 6 heteroatoms. The van der Waals surface area contributed by atoms with Crippen molar-refractivity contribution >= 4 is 12.4 Å². The van der Waals surface area contributed by atoms with Crippen LogP contribution in [-0.2, 0) is 14.3 Å². The summed E-state index contributed by atoms with van der Waals surface area (Å²) in [6, 6.07) is 8.10. The Kier molecular flexibility index (Phi) is 9.51. The van der Waals surface area contributed by atoms with Crippen LogP contribution in [0.1, 0.15) is 30.9 Å². The van der Waals surface area contributed by atoms with Gasteiger partial charge in [-0.25, -0.2) is 4.39 Å². The molecule has 0 aliphatic heterocycles. The average Bonchev–Trinajstić information content (AvgIpc) is 2.74. The van der Waals surface area contributed by atoms with Crippen molar-refractivity contribution in [1.29, 1.82) is 0 Å². The summed E-state index contributed by atoms with van der Waals surface area (Å²) in [6.45, 7) is 5.88. The molecule has 0 saturated carbocycles. The predicted molar refractivity (Wildman–Crippen MR) is 116 cm³/mol. The Hall–Kier alpha value is -2.70. The van der Waals surface area contributed by atoms with Gasteiger partial charge in [-0.05, 0) is 46.9 Å². The Labute approximate surface area is 177 Å². The molecular formula is C24H29FO5. The highest BCUT2D eigenvalue weighted by atomic mass is 19.1. The first kappa shape index (κ1) is 23.6. The summed E-state index contributed by atoms with van der Waals surface area (Å²) < 4.78 is 35.7. The lowest BCUT2D eigenvalue weighted by Gasteiger charge is -2.22. The number of allylic oxidation sites excluding steroid dienone is 1. The highest BCUT2D eigenvalue weighted by Crippen LogP contribution is 2.45. The number of hydrogen-bond acceptors (Lipinski definition) is 5. The fourth-order valence-electron chi connectivity index (χ4n) is 3.14. The van der Waals surface area contributed by atoms with E-state index in [9.17, 15) is 9.18 Å². The van der Waals surface area contributed by atoms with E-state index in [4.69, 9.17) is 18.9 Å². The van der Waals surface area contributed by atoms with Crippen LogP contribution >= 0.6 is 0 Å².